The number of benzene rings is 1. The molecule has 0 radical (unpaired) electrons. The minimum Gasteiger partial charge on any atom is -0.464 e. The van der Waals surface area contributed by atoms with Crippen molar-refractivity contribution in [3.8, 4) is 11.8 Å². The van der Waals surface area contributed by atoms with Crippen LogP contribution in [-0.2, 0) is 49.3 Å². The molecule has 0 amide bonds. The zero-order valence-corrected chi connectivity index (χ0v) is 19.3. The summed E-state index contributed by atoms with van der Waals surface area (Å²) in [7, 11) is 0. The fraction of sp³-hybridized carbons (Fsp3) is 0.522. The lowest BCUT2D eigenvalue weighted by molar-refractivity contribution is -0.280. The second-order valence-electron chi connectivity index (χ2n) is 7.50. The molecule has 34 heavy (non-hydrogen) atoms. The van der Waals surface area contributed by atoms with Crippen LogP contribution in [0.1, 0.15) is 39.7 Å². The van der Waals surface area contributed by atoms with E-state index in [4.69, 9.17) is 33.7 Å². The smallest absolute Gasteiger partial charge is 0.310 e. The first kappa shape index (κ1) is 26.6. The Morgan fingerprint density at radius 2 is 1.47 bits per heavy atom. The van der Waals surface area contributed by atoms with Gasteiger partial charge in [-0.05, 0) is 24.6 Å². The monoisotopic (exact) mass is 477 g/mol. The van der Waals surface area contributed by atoms with Crippen molar-refractivity contribution in [1.82, 2.24) is 0 Å². The number of nitriles is 1. The topological polar surface area (TPSA) is 147 Å². The lowest BCUT2D eigenvalue weighted by Gasteiger charge is -2.43. The molecule has 0 aliphatic carbocycles. The molecule has 1 heterocycles. The van der Waals surface area contributed by atoms with Crippen LogP contribution in [0.4, 0.5) is 0 Å². The Morgan fingerprint density at radius 3 is 2.03 bits per heavy atom. The van der Waals surface area contributed by atoms with E-state index >= 15 is 0 Å². The maximum absolute atomic E-state index is 11.8. The maximum atomic E-state index is 11.8. The van der Waals surface area contributed by atoms with Gasteiger partial charge in [-0.3, -0.25) is 19.2 Å². The average molecular weight is 477 g/mol. The Balaban J connectivity index is 2.17. The van der Waals surface area contributed by atoms with Crippen molar-refractivity contribution in [3.05, 3.63) is 29.8 Å². The molecule has 0 N–H and O–H groups in total. The minimum absolute atomic E-state index is 0.0112. The van der Waals surface area contributed by atoms with Crippen LogP contribution in [0.25, 0.3) is 0 Å². The molecule has 0 unspecified atom stereocenters. The summed E-state index contributed by atoms with van der Waals surface area (Å²) in [6.45, 7) is 5.18. The maximum Gasteiger partial charge on any atom is 0.310 e. The number of carbonyl (C=O) groups excluding carboxylic acids is 4. The second kappa shape index (κ2) is 12.6. The summed E-state index contributed by atoms with van der Waals surface area (Å²) in [4.78, 5) is 46.8. The minimum atomic E-state index is -1.23. The highest BCUT2D eigenvalue weighted by molar-refractivity contribution is 5.72. The highest BCUT2D eigenvalue weighted by atomic mass is 16.7. The number of esters is 4. The van der Waals surface area contributed by atoms with Gasteiger partial charge in [0.25, 0.3) is 0 Å². The van der Waals surface area contributed by atoms with Crippen LogP contribution in [0.3, 0.4) is 0 Å². The molecule has 11 heteroatoms. The van der Waals surface area contributed by atoms with Crippen molar-refractivity contribution in [2.45, 2.75) is 71.2 Å². The Hall–Kier alpha value is -3.65. The van der Waals surface area contributed by atoms with Gasteiger partial charge in [0.2, 0.25) is 12.4 Å². The zero-order valence-electron chi connectivity index (χ0n) is 19.3. The van der Waals surface area contributed by atoms with Gasteiger partial charge in [-0.2, -0.15) is 5.26 Å². The fourth-order valence-electron chi connectivity index (χ4n) is 3.31. The lowest BCUT2D eigenvalue weighted by Crippen LogP contribution is -2.62. The molecule has 0 saturated carbocycles. The average Bonchev–Trinajstić information content (AvgIpc) is 2.74. The molecule has 1 aliphatic rings. The molecule has 1 aromatic carbocycles. The molecule has 0 bridgehead atoms. The van der Waals surface area contributed by atoms with Crippen molar-refractivity contribution in [2.24, 2.45) is 0 Å². The summed E-state index contributed by atoms with van der Waals surface area (Å²) in [5.74, 6) is -2.12. The predicted octanol–water partition coefficient (Wildman–Crippen LogP) is 1.60. The van der Waals surface area contributed by atoms with Crippen LogP contribution < -0.4 is 4.74 Å². The highest BCUT2D eigenvalue weighted by Gasteiger charge is 2.51. The summed E-state index contributed by atoms with van der Waals surface area (Å²) in [6.07, 6.45) is -5.23. The van der Waals surface area contributed by atoms with E-state index in [0.29, 0.717) is 11.3 Å². The number of hydrogen-bond acceptors (Lipinski definition) is 11. The van der Waals surface area contributed by atoms with E-state index in [1.807, 2.05) is 6.07 Å². The van der Waals surface area contributed by atoms with Gasteiger partial charge in [-0.1, -0.05) is 12.1 Å². The van der Waals surface area contributed by atoms with E-state index in [1.165, 1.54) is 20.8 Å². The Bertz CT molecular complexity index is 923. The van der Waals surface area contributed by atoms with Crippen LogP contribution in [0.5, 0.6) is 5.75 Å². The lowest BCUT2D eigenvalue weighted by atomic mass is 9.99. The highest BCUT2D eigenvalue weighted by Crippen LogP contribution is 2.30. The molecule has 0 aromatic heterocycles. The van der Waals surface area contributed by atoms with E-state index < -0.39 is 54.6 Å². The third-order valence-corrected chi connectivity index (χ3v) is 4.63. The van der Waals surface area contributed by atoms with Crippen LogP contribution in [0.15, 0.2) is 24.3 Å². The third kappa shape index (κ3) is 8.04. The molecular weight excluding hydrogens is 450 g/mol. The van der Waals surface area contributed by atoms with Crippen LogP contribution in [0.2, 0.25) is 0 Å². The SMILES string of the molecule is CC(=O)O[C@H]1[C@H](OC(C)=O)[C@H](Oc2ccc(CC(=O)OCCC#N)cc2)O[C@@H](C)[C@H]1OC(C)=O. The Morgan fingerprint density at radius 1 is 0.912 bits per heavy atom. The molecule has 2 rings (SSSR count). The van der Waals surface area contributed by atoms with E-state index in [1.54, 1.807) is 31.2 Å². The van der Waals surface area contributed by atoms with Crippen molar-refractivity contribution in [2.75, 3.05) is 6.61 Å². The number of rotatable bonds is 9. The number of carbonyl (C=O) groups is 4. The quantitative estimate of drug-likeness (QED) is 0.290. The van der Waals surface area contributed by atoms with Crippen molar-refractivity contribution in [1.29, 1.82) is 5.26 Å². The van der Waals surface area contributed by atoms with Crippen LogP contribution in [-0.4, -0.2) is 61.2 Å². The van der Waals surface area contributed by atoms with Crippen LogP contribution in [0, 0.1) is 11.3 Å². The first-order chi connectivity index (χ1) is 16.1. The molecule has 11 nitrogen and oxygen atoms in total. The van der Waals surface area contributed by atoms with E-state index in [-0.39, 0.29) is 19.4 Å². The van der Waals surface area contributed by atoms with Gasteiger partial charge in [0.1, 0.15) is 12.4 Å². The van der Waals surface area contributed by atoms with E-state index in [9.17, 15) is 19.2 Å². The van der Waals surface area contributed by atoms with Crippen molar-refractivity contribution in [3.63, 3.8) is 0 Å². The summed E-state index contributed by atoms with van der Waals surface area (Å²) < 4.78 is 32.5. The number of ether oxygens (including phenoxy) is 6. The van der Waals surface area contributed by atoms with Gasteiger partial charge >= 0.3 is 23.9 Å². The Labute approximate surface area is 196 Å². The van der Waals surface area contributed by atoms with Gasteiger partial charge in [0, 0.05) is 20.8 Å². The molecular formula is C23H27NO10. The standard InChI is InChI=1S/C23H27NO10/c1-13-20(31-14(2)25)21(32-15(3)26)22(33-16(4)27)23(30-13)34-18-8-6-17(7-9-18)12-19(28)29-11-5-10-24/h6-9,13,20-23H,5,11-12H2,1-4H3/t13-,20+,21+,22-,23-/m0/s1. The Kier molecular flexibility index (Phi) is 9.82. The van der Waals surface area contributed by atoms with Crippen molar-refractivity contribution >= 4 is 23.9 Å². The molecule has 1 saturated heterocycles. The zero-order chi connectivity index (χ0) is 25.3. The largest absolute Gasteiger partial charge is 0.464 e. The summed E-state index contributed by atoms with van der Waals surface area (Å²) in [6, 6.07) is 8.32. The number of hydrogen-bond donors (Lipinski definition) is 0. The molecule has 1 aromatic rings. The van der Waals surface area contributed by atoms with Crippen molar-refractivity contribution < 1.29 is 47.6 Å². The van der Waals surface area contributed by atoms with Gasteiger partial charge in [-0.25, -0.2) is 0 Å². The van der Waals surface area contributed by atoms with E-state index in [0.717, 1.165) is 0 Å². The molecule has 1 aliphatic heterocycles. The molecule has 184 valence electrons. The van der Waals surface area contributed by atoms with Gasteiger partial charge in [0.05, 0.1) is 25.0 Å². The van der Waals surface area contributed by atoms with E-state index in [2.05, 4.69) is 0 Å². The third-order valence-electron chi connectivity index (χ3n) is 4.63. The molecule has 5 atom stereocenters. The molecule has 0 spiro atoms. The van der Waals surface area contributed by atoms with Crippen LogP contribution >= 0.6 is 0 Å². The summed E-state index contributed by atoms with van der Waals surface area (Å²) >= 11 is 0. The second-order valence-corrected chi connectivity index (χ2v) is 7.50. The number of nitrogens with zero attached hydrogens (tertiary/aromatic N) is 1. The van der Waals surface area contributed by atoms with Gasteiger partial charge in [0.15, 0.2) is 12.2 Å². The fourth-order valence-corrected chi connectivity index (χ4v) is 3.31. The first-order valence-electron chi connectivity index (χ1n) is 10.6. The molecule has 1 fully saturated rings. The summed E-state index contributed by atoms with van der Waals surface area (Å²) in [5.41, 5.74) is 0.650. The summed E-state index contributed by atoms with van der Waals surface area (Å²) in [5, 5.41) is 8.49. The van der Waals surface area contributed by atoms with Gasteiger partial charge < -0.3 is 28.4 Å². The predicted molar refractivity (Wildman–Crippen MR) is 113 cm³/mol. The normalized spacial score (nSPS) is 23.7. The first-order valence-corrected chi connectivity index (χ1v) is 10.6. The van der Waals surface area contributed by atoms with Gasteiger partial charge in [-0.15, -0.1) is 0 Å².